The summed E-state index contributed by atoms with van der Waals surface area (Å²) in [7, 11) is 0. The molecule has 0 amide bonds. The number of hydrogen-bond donors (Lipinski definition) is 0. The summed E-state index contributed by atoms with van der Waals surface area (Å²) in [6, 6.07) is 8.38. The molecule has 0 saturated heterocycles. The van der Waals surface area contributed by atoms with Gasteiger partial charge in [0.05, 0.1) is 5.69 Å². The normalized spacial score (nSPS) is 12.4. The van der Waals surface area contributed by atoms with Crippen molar-refractivity contribution in [3.8, 4) is 0 Å². The Balaban J connectivity index is 2.31. The molecule has 0 bridgehead atoms. The highest BCUT2D eigenvalue weighted by Crippen LogP contribution is 2.13. The van der Waals surface area contributed by atoms with Crippen molar-refractivity contribution >= 4 is 17.0 Å². The number of aromatic nitrogens is 1. The van der Waals surface area contributed by atoms with Crippen LogP contribution in [0.25, 0.3) is 0 Å². The molecule has 0 unspecified atom stereocenters. The molecule has 0 N–H and O–H groups in total. The van der Waals surface area contributed by atoms with Crippen molar-refractivity contribution in [2.75, 3.05) is 0 Å². The average Bonchev–Trinajstić information content (AvgIpc) is 2.70. The van der Waals surface area contributed by atoms with Gasteiger partial charge in [-0.15, -0.1) is 11.3 Å². The summed E-state index contributed by atoms with van der Waals surface area (Å²) in [6.07, 6.45) is 1.19. The first kappa shape index (κ1) is 14.1. The van der Waals surface area contributed by atoms with Crippen LogP contribution in [0.2, 0.25) is 0 Å². The van der Waals surface area contributed by atoms with Crippen molar-refractivity contribution < 1.29 is 0 Å². The first-order valence-corrected chi connectivity index (χ1v) is 7.70. The number of hydrogen-bond acceptors (Lipinski definition) is 2. The van der Waals surface area contributed by atoms with E-state index in [4.69, 9.17) is 4.99 Å². The van der Waals surface area contributed by atoms with E-state index in [0.717, 1.165) is 23.0 Å². The molecule has 2 rings (SSSR count). The van der Waals surface area contributed by atoms with Crippen LogP contribution in [0.4, 0.5) is 5.69 Å². The van der Waals surface area contributed by atoms with E-state index in [9.17, 15) is 0 Å². The Morgan fingerprint density at radius 1 is 1.16 bits per heavy atom. The van der Waals surface area contributed by atoms with Crippen LogP contribution in [0.3, 0.4) is 0 Å². The molecular formula is C16H22N2S. The summed E-state index contributed by atoms with van der Waals surface area (Å²) in [5.74, 6) is 0.721. The number of nitrogens with zero attached hydrogens (tertiary/aromatic N) is 2. The molecule has 0 atom stereocenters. The highest BCUT2D eigenvalue weighted by Gasteiger charge is 2.03. The maximum absolute atomic E-state index is 4.76. The second-order valence-electron chi connectivity index (χ2n) is 5.44. The molecule has 0 fully saturated rings. The fourth-order valence-corrected chi connectivity index (χ4v) is 2.82. The van der Waals surface area contributed by atoms with Gasteiger partial charge in [0.1, 0.15) is 0 Å². The summed E-state index contributed by atoms with van der Waals surface area (Å²) < 4.78 is 2.32. The maximum Gasteiger partial charge on any atom is 0.190 e. The van der Waals surface area contributed by atoms with Gasteiger partial charge < -0.3 is 4.57 Å². The largest absolute Gasteiger partial charge is 0.321 e. The number of benzene rings is 1. The second-order valence-corrected chi connectivity index (χ2v) is 6.28. The molecule has 1 aromatic carbocycles. The van der Waals surface area contributed by atoms with E-state index >= 15 is 0 Å². The van der Waals surface area contributed by atoms with Crippen LogP contribution in [-0.2, 0) is 6.54 Å². The average molecular weight is 274 g/mol. The lowest BCUT2D eigenvalue weighted by molar-refractivity contribution is 0.505. The highest BCUT2D eigenvalue weighted by atomic mass is 32.1. The van der Waals surface area contributed by atoms with Crippen LogP contribution >= 0.6 is 11.3 Å². The third-order valence-corrected chi connectivity index (χ3v) is 4.16. The first-order chi connectivity index (χ1) is 9.06. The predicted molar refractivity (Wildman–Crippen MR) is 82.9 cm³/mol. The smallest absolute Gasteiger partial charge is 0.190 e. The quantitative estimate of drug-likeness (QED) is 0.784. The second kappa shape index (κ2) is 6.20. The lowest BCUT2D eigenvalue weighted by Gasteiger charge is -2.08. The van der Waals surface area contributed by atoms with Crippen molar-refractivity contribution in [1.29, 1.82) is 0 Å². The molecule has 19 heavy (non-hydrogen) atoms. The number of thiazole rings is 1. The molecule has 1 heterocycles. The highest BCUT2D eigenvalue weighted by molar-refractivity contribution is 7.07. The zero-order valence-electron chi connectivity index (χ0n) is 12.2. The molecule has 2 aromatic rings. The Labute approximate surface area is 119 Å². The molecule has 0 radical (unpaired) electrons. The Kier molecular flexibility index (Phi) is 4.59. The number of aryl methyl sites for hydroxylation is 2. The Bertz CT molecular complexity index is 588. The van der Waals surface area contributed by atoms with Gasteiger partial charge in [0.25, 0.3) is 0 Å². The van der Waals surface area contributed by atoms with Gasteiger partial charge in [-0.2, -0.15) is 0 Å². The van der Waals surface area contributed by atoms with Gasteiger partial charge >= 0.3 is 0 Å². The van der Waals surface area contributed by atoms with Crippen LogP contribution < -0.4 is 4.80 Å². The lowest BCUT2D eigenvalue weighted by atomic mass is 10.1. The van der Waals surface area contributed by atoms with Crippen molar-refractivity contribution in [1.82, 2.24) is 4.57 Å². The minimum absolute atomic E-state index is 0.721. The van der Waals surface area contributed by atoms with E-state index in [1.165, 1.54) is 17.7 Å². The standard InChI is InChI=1S/C16H22N2S/c1-12(2)9-10-18-14(4)11-19-16(18)17-15-7-5-13(3)6-8-15/h5-8,11-12H,9-10H2,1-4H3. The molecule has 1 aromatic heterocycles. The van der Waals surface area contributed by atoms with E-state index in [-0.39, 0.29) is 0 Å². The summed E-state index contributed by atoms with van der Waals surface area (Å²) in [4.78, 5) is 5.86. The fourth-order valence-electron chi connectivity index (χ4n) is 1.89. The van der Waals surface area contributed by atoms with Gasteiger partial charge in [0.15, 0.2) is 4.80 Å². The molecule has 0 spiro atoms. The molecule has 0 aliphatic carbocycles. The van der Waals surface area contributed by atoms with Gasteiger partial charge in [0.2, 0.25) is 0 Å². The van der Waals surface area contributed by atoms with Crippen LogP contribution in [-0.4, -0.2) is 4.57 Å². The van der Waals surface area contributed by atoms with Gasteiger partial charge in [-0.25, -0.2) is 4.99 Å². The van der Waals surface area contributed by atoms with Crippen molar-refractivity contribution in [3.05, 3.63) is 45.7 Å². The zero-order chi connectivity index (χ0) is 13.8. The zero-order valence-corrected chi connectivity index (χ0v) is 13.0. The van der Waals surface area contributed by atoms with E-state index in [1.807, 2.05) is 0 Å². The van der Waals surface area contributed by atoms with E-state index < -0.39 is 0 Å². The van der Waals surface area contributed by atoms with E-state index in [1.54, 1.807) is 11.3 Å². The lowest BCUT2D eigenvalue weighted by Crippen LogP contribution is -2.17. The SMILES string of the molecule is Cc1ccc(N=c2scc(C)n2CCC(C)C)cc1. The minimum Gasteiger partial charge on any atom is -0.321 e. The third-order valence-electron chi connectivity index (χ3n) is 3.18. The Morgan fingerprint density at radius 3 is 2.47 bits per heavy atom. The van der Waals surface area contributed by atoms with E-state index in [2.05, 4.69) is 61.9 Å². The molecule has 3 heteroatoms. The summed E-state index contributed by atoms with van der Waals surface area (Å²) in [5, 5.41) is 2.19. The fraction of sp³-hybridized carbons (Fsp3) is 0.438. The molecule has 0 aliphatic rings. The Morgan fingerprint density at radius 2 is 1.84 bits per heavy atom. The maximum atomic E-state index is 4.76. The van der Waals surface area contributed by atoms with Gasteiger partial charge in [-0.05, 0) is 38.3 Å². The van der Waals surface area contributed by atoms with Crippen LogP contribution in [0.15, 0.2) is 34.6 Å². The molecular weight excluding hydrogens is 252 g/mol. The van der Waals surface area contributed by atoms with Crippen molar-refractivity contribution in [2.45, 2.75) is 40.7 Å². The molecule has 2 nitrogen and oxygen atoms in total. The topological polar surface area (TPSA) is 17.3 Å². The Hall–Kier alpha value is -1.35. The molecule has 0 saturated carbocycles. The van der Waals surface area contributed by atoms with Gasteiger partial charge in [0, 0.05) is 17.6 Å². The summed E-state index contributed by atoms with van der Waals surface area (Å²) in [5.41, 5.74) is 3.61. The molecule has 0 aliphatic heterocycles. The van der Waals surface area contributed by atoms with Crippen molar-refractivity contribution in [3.63, 3.8) is 0 Å². The summed E-state index contributed by atoms with van der Waals surface area (Å²) in [6.45, 7) is 9.84. The number of rotatable bonds is 4. The summed E-state index contributed by atoms with van der Waals surface area (Å²) >= 11 is 1.72. The van der Waals surface area contributed by atoms with Gasteiger partial charge in [-0.1, -0.05) is 31.5 Å². The minimum atomic E-state index is 0.721. The first-order valence-electron chi connectivity index (χ1n) is 6.82. The van der Waals surface area contributed by atoms with Gasteiger partial charge in [-0.3, -0.25) is 0 Å². The van der Waals surface area contributed by atoms with Crippen LogP contribution in [0, 0.1) is 19.8 Å². The van der Waals surface area contributed by atoms with E-state index in [0.29, 0.717) is 0 Å². The predicted octanol–water partition coefficient (Wildman–Crippen LogP) is 4.44. The third kappa shape index (κ3) is 3.80. The van der Waals surface area contributed by atoms with Crippen molar-refractivity contribution in [2.24, 2.45) is 10.9 Å². The molecule has 102 valence electrons. The van der Waals surface area contributed by atoms with Crippen LogP contribution in [0.1, 0.15) is 31.5 Å². The van der Waals surface area contributed by atoms with Crippen LogP contribution in [0.5, 0.6) is 0 Å². The monoisotopic (exact) mass is 274 g/mol.